The first-order chi connectivity index (χ1) is 19.5. The van der Waals surface area contributed by atoms with Crippen molar-refractivity contribution in [3.05, 3.63) is 36.0 Å². The van der Waals surface area contributed by atoms with E-state index in [0.717, 1.165) is 10.9 Å². The second kappa shape index (κ2) is 15.7. The van der Waals surface area contributed by atoms with Crippen molar-refractivity contribution in [2.24, 2.45) is 11.7 Å². The molecule has 0 aliphatic carbocycles. The van der Waals surface area contributed by atoms with Crippen LogP contribution in [0.2, 0.25) is 0 Å². The summed E-state index contributed by atoms with van der Waals surface area (Å²) in [5.41, 5.74) is 7.13. The number of para-hydroxylation sites is 1. The average Bonchev–Trinajstić information content (AvgIpc) is 3.37. The lowest BCUT2D eigenvalue weighted by molar-refractivity contribution is -0.143. The number of aliphatic hydroxyl groups is 3. The Bertz CT molecular complexity index is 1220. The minimum Gasteiger partial charge on any atom is -0.480 e. The molecule has 15 nitrogen and oxygen atoms in total. The molecule has 4 amide bonds. The standard InChI is InChI=1S/C26H38N6O9/c1-3-13(2)21(25(39)30-19(11-34)24(38)31-20(12-35)26(40)41)32-23(37)18(29-22(36)16(27)10-33)8-14-9-28-17-7-5-4-6-15(14)17/h4-7,9,13,16,18-21,28,33-35H,3,8,10-12,27H2,1-2H3,(H,29,36)(H,30,39)(H,31,38)(H,32,37)(H,40,41)/t13-,16-,18-,19-,20-,21-/m0/s1. The number of carboxylic acid groups (broad SMARTS) is 1. The lowest BCUT2D eigenvalue weighted by atomic mass is 9.96. The molecule has 6 atom stereocenters. The Labute approximate surface area is 235 Å². The Balaban J connectivity index is 2.27. The number of carbonyl (C=O) groups excluding carboxylic acids is 4. The zero-order valence-electron chi connectivity index (χ0n) is 22.8. The first kappa shape index (κ1) is 33.2. The third kappa shape index (κ3) is 8.97. The first-order valence-corrected chi connectivity index (χ1v) is 13.0. The number of aromatic amines is 1. The summed E-state index contributed by atoms with van der Waals surface area (Å²) in [5, 5.41) is 47.4. The van der Waals surface area contributed by atoms with Crippen molar-refractivity contribution in [3.63, 3.8) is 0 Å². The number of hydrogen-bond acceptors (Lipinski definition) is 9. The van der Waals surface area contributed by atoms with Crippen LogP contribution < -0.4 is 27.0 Å². The monoisotopic (exact) mass is 578 g/mol. The zero-order chi connectivity index (χ0) is 30.7. The van der Waals surface area contributed by atoms with Crippen molar-refractivity contribution < 1.29 is 44.4 Å². The highest BCUT2D eigenvalue weighted by Gasteiger charge is 2.34. The van der Waals surface area contributed by atoms with Gasteiger partial charge in [0.2, 0.25) is 23.6 Å². The van der Waals surface area contributed by atoms with Crippen molar-refractivity contribution in [1.82, 2.24) is 26.3 Å². The van der Waals surface area contributed by atoms with Gasteiger partial charge in [-0.1, -0.05) is 38.5 Å². The zero-order valence-corrected chi connectivity index (χ0v) is 22.8. The summed E-state index contributed by atoms with van der Waals surface area (Å²) in [4.78, 5) is 65.9. The number of carboxylic acids is 1. The minimum atomic E-state index is -1.65. The smallest absolute Gasteiger partial charge is 0.328 e. The summed E-state index contributed by atoms with van der Waals surface area (Å²) in [6.07, 6.45) is 2.10. The van der Waals surface area contributed by atoms with E-state index >= 15 is 0 Å². The van der Waals surface area contributed by atoms with Crippen LogP contribution in [-0.2, 0) is 30.4 Å². The molecule has 0 radical (unpaired) electrons. The maximum absolute atomic E-state index is 13.5. The molecule has 2 rings (SSSR count). The SMILES string of the molecule is CC[C@H](C)[C@H](NC(=O)[C@H](Cc1c[nH]c2ccccc12)NC(=O)[C@@H](N)CO)C(=O)N[C@@H](CO)C(=O)N[C@@H](CO)C(=O)O. The Hall–Kier alpha value is -4.05. The fraction of sp³-hybridized carbons (Fsp3) is 0.500. The van der Waals surface area contributed by atoms with Gasteiger partial charge in [-0.15, -0.1) is 0 Å². The highest BCUT2D eigenvalue weighted by Crippen LogP contribution is 2.19. The number of benzene rings is 1. The van der Waals surface area contributed by atoms with Gasteiger partial charge >= 0.3 is 5.97 Å². The molecule has 15 heteroatoms. The Morgan fingerprint density at radius 1 is 0.829 bits per heavy atom. The number of carbonyl (C=O) groups is 5. The molecule has 0 bridgehead atoms. The molecule has 0 saturated heterocycles. The van der Waals surface area contributed by atoms with Gasteiger partial charge in [0.1, 0.15) is 30.2 Å². The number of nitrogens with one attached hydrogen (secondary N) is 5. The lowest BCUT2D eigenvalue weighted by Gasteiger charge is -2.28. The van der Waals surface area contributed by atoms with Gasteiger partial charge in [0.05, 0.1) is 19.8 Å². The number of H-pyrrole nitrogens is 1. The minimum absolute atomic E-state index is 0.00792. The number of aliphatic carboxylic acids is 1. The van der Waals surface area contributed by atoms with E-state index in [1.165, 1.54) is 0 Å². The predicted molar refractivity (Wildman–Crippen MR) is 146 cm³/mol. The van der Waals surface area contributed by atoms with Crippen molar-refractivity contribution in [3.8, 4) is 0 Å². The van der Waals surface area contributed by atoms with Crippen LogP contribution in [-0.4, -0.2) is 105 Å². The van der Waals surface area contributed by atoms with Gasteiger partial charge in [-0.25, -0.2) is 4.79 Å². The van der Waals surface area contributed by atoms with Crippen molar-refractivity contribution in [1.29, 1.82) is 0 Å². The van der Waals surface area contributed by atoms with Gasteiger partial charge in [-0.3, -0.25) is 19.2 Å². The molecule has 11 N–H and O–H groups in total. The summed E-state index contributed by atoms with van der Waals surface area (Å²) < 4.78 is 0. The van der Waals surface area contributed by atoms with Crippen LogP contribution >= 0.6 is 0 Å². The molecular weight excluding hydrogens is 540 g/mol. The van der Waals surface area contributed by atoms with Gasteiger partial charge in [0.25, 0.3) is 0 Å². The van der Waals surface area contributed by atoms with E-state index in [9.17, 15) is 34.2 Å². The van der Waals surface area contributed by atoms with Crippen molar-refractivity contribution in [2.75, 3.05) is 19.8 Å². The van der Waals surface area contributed by atoms with Crippen LogP contribution in [0.15, 0.2) is 30.5 Å². The molecule has 1 aromatic heterocycles. The molecule has 0 aliphatic heterocycles. The summed E-state index contributed by atoms with van der Waals surface area (Å²) in [6.45, 7) is 0.961. The van der Waals surface area contributed by atoms with E-state index in [1.807, 2.05) is 29.6 Å². The van der Waals surface area contributed by atoms with Crippen molar-refractivity contribution in [2.45, 2.75) is 56.9 Å². The topological polar surface area (TPSA) is 256 Å². The van der Waals surface area contributed by atoms with E-state index in [1.54, 1.807) is 20.0 Å². The normalized spacial score (nSPS) is 15.6. The fourth-order valence-electron chi connectivity index (χ4n) is 3.96. The summed E-state index contributed by atoms with van der Waals surface area (Å²) >= 11 is 0. The van der Waals surface area contributed by atoms with E-state index < -0.39 is 85.5 Å². The van der Waals surface area contributed by atoms with Gasteiger partial charge in [0.15, 0.2) is 0 Å². The predicted octanol–water partition coefficient (Wildman–Crippen LogP) is -2.92. The molecule has 1 aromatic carbocycles. The molecule has 41 heavy (non-hydrogen) atoms. The average molecular weight is 579 g/mol. The Kier molecular flexibility index (Phi) is 12.7. The second-order valence-electron chi connectivity index (χ2n) is 9.61. The lowest BCUT2D eigenvalue weighted by Crippen LogP contribution is -2.61. The molecule has 2 aromatic rings. The van der Waals surface area contributed by atoms with Crippen LogP contribution in [0.25, 0.3) is 10.9 Å². The van der Waals surface area contributed by atoms with Crippen LogP contribution in [0.3, 0.4) is 0 Å². The number of rotatable bonds is 16. The molecule has 0 unspecified atom stereocenters. The fourth-order valence-corrected chi connectivity index (χ4v) is 3.96. The Morgan fingerprint density at radius 3 is 2.00 bits per heavy atom. The quantitative estimate of drug-likeness (QED) is 0.0971. The third-order valence-corrected chi connectivity index (χ3v) is 6.67. The number of aliphatic hydroxyl groups excluding tert-OH is 3. The molecule has 0 spiro atoms. The summed E-state index contributed by atoms with van der Waals surface area (Å²) in [7, 11) is 0. The van der Waals surface area contributed by atoms with E-state index in [-0.39, 0.29) is 6.42 Å². The first-order valence-electron chi connectivity index (χ1n) is 13.0. The molecule has 0 fully saturated rings. The molecular formula is C26H38N6O9. The van der Waals surface area contributed by atoms with Crippen LogP contribution in [0.5, 0.6) is 0 Å². The number of amides is 4. The van der Waals surface area contributed by atoms with Gasteiger partial charge in [0, 0.05) is 23.5 Å². The highest BCUT2D eigenvalue weighted by molar-refractivity contribution is 5.96. The number of nitrogens with two attached hydrogens (primary N) is 1. The van der Waals surface area contributed by atoms with Crippen LogP contribution in [0.1, 0.15) is 25.8 Å². The van der Waals surface area contributed by atoms with E-state index in [4.69, 9.17) is 15.9 Å². The van der Waals surface area contributed by atoms with Gasteiger partial charge in [-0.05, 0) is 17.5 Å². The van der Waals surface area contributed by atoms with Crippen LogP contribution in [0, 0.1) is 5.92 Å². The third-order valence-electron chi connectivity index (χ3n) is 6.67. The number of hydrogen-bond donors (Lipinski definition) is 10. The largest absolute Gasteiger partial charge is 0.480 e. The molecule has 1 heterocycles. The van der Waals surface area contributed by atoms with E-state index in [2.05, 4.69) is 20.9 Å². The molecule has 226 valence electrons. The van der Waals surface area contributed by atoms with Gasteiger partial charge < -0.3 is 52.4 Å². The number of aromatic nitrogens is 1. The van der Waals surface area contributed by atoms with E-state index in [0.29, 0.717) is 12.0 Å². The van der Waals surface area contributed by atoms with Crippen LogP contribution in [0.4, 0.5) is 0 Å². The van der Waals surface area contributed by atoms with Gasteiger partial charge in [-0.2, -0.15) is 0 Å². The molecule has 0 saturated carbocycles. The number of fused-ring (bicyclic) bond motifs is 1. The Morgan fingerprint density at radius 2 is 1.41 bits per heavy atom. The summed E-state index contributed by atoms with van der Waals surface area (Å²) in [6, 6.07) is 0.345. The maximum atomic E-state index is 13.5. The highest BCUT2D eigenvalue weighted by atomic mass is 16.4. The second-order valence-corrected chi connectivity index (χ2v) is 9.61. The maximum Gasteiger partial charge on any atom is 0.328 e. The van der Waals surface area contributed by atoms with Crippen molar-refractivity contribution >= 4 is 40.5 Å². The molecule has 0 aliphatic rings. The summed E-state index contributed by atoms with van der Waals surface area (Å²) in [5.74, 6) is -5.43.